The average molecular weight is 436 g/mol. The highest BCUT2D eigenvalue weighted by Crippen LogP contribution is 2.36. The Hall–Kier alpha value is -3.35. The first-order valence-electron chi connectivity index (χ1n) is 11.2. The SMILES string of the molecule is CCCOc1c[nH]c(CN=Cc2c(O)n(C)c(=O)c3ccc(C4CCCC4)cc23)cc1=O. The zero-order valence-electron chi connectivity index (χ0n) is 18.6. The van der Waals surface area contributed by atoms with E-state index < -0.39 is 0 Å². The van der Waals surface area contributed by atoms with E-state index in [0.29, 0.717) is 40.3 Å². The largest absolute Gasteiger partial charge is 0.494 e. The molecule has 1 saturated carbocycles. The fraction of sp³-hybridized carbons (Fsp3) is 0.400. The summed E-state index contributed by atoms with van der Waals surface area (Å²) in [6.07, 6.45) is 8.70. The van der Waals surface area contributed by atoms with E-state index in [1.807, 2.05) is 25.1 Å². The van der Waals surface area contributed by atoms with Crippen molar-refractivity contribution >= 4 is 17.0 Å². The second kappa shape index (κ2) is 9.42. The van der Waals surface area contributed by atoms with Gasteiger partial charge in [-0.05, 0) is 42.9 Å². The van der Waals surface area contributed by atoms with Crippen molar-refractivity contribution in [1.82, 2.24) is 9.55 Å². The maximum atomic E-state index is 12.7. The molecule has 2 heterocycles. The summed E-state index contributed by atoms with van der Waals surface area (Å²) < 4.78 is 6.65. The van der Waals surface area contributed by atoms with E-state index in [-0.39, 0.29) is 23.4 Å². The minimum Gasteiger partial charge on any atom is -0.494 e. The number of aliphatic imine (C=N–C) groups is 1. The maximum Gasteiger partial charge on any atom is 0.260 e. The Balaban J connectivity index is 1.66. The molecule has 0 atom stereocenters. The summed E-state index contributed by atoms with van der Waals surface area (Å²) in [5, 5.41) is 11.9. The molecule has 0 unspecified atom stereocenters. The van der Waals surface area contributed by atoms with E-state index in [1.165, 1.54) is 29.0 Å². The van der Waals surface area contributed by atoms with Gasteiger partial charge in [0.25, 0.3) is 5.56 Å². The van der Waals surface area contributed by atoms with Crippen molar-refractivity contribution in [3.05, 3.63) is 67.9 Å². The third-order valence-corrected chi connectivity index (χ3v) is 6.13. The van der Waals surface area contributed by atoms with Gasteiger partial charge in [-0.3, -0.25) is 19.1 Å². The molecule has 0 bridgehead atoms. The molecule has 7 nitrogen and oxygen atoms in total. The molecule has 168 valence electrons. The Morgan fingerprint density at radius 2 is 2.00 bits per heavy atom. The first kappa shape index (κ1) is 21.9. The molecule has 0 amide bonds. The van der Waals surface area contributed by atoms with Crippen molar-refractivity contribution in [3.8, 4) is 11.6 Å². The van der Waals surface area contributed by atoms with Gasteiger partial charge in [0.2, 0.25) is 11.3 Å². The Morgan fingerprint density at radius 1 is 1.22 bits per heavy atom. The van der Waals surface area contributed by atoms with Crippen molar-refractivity contribution in [2.75, 3.05) is 6.61 Å². The van der Waals surface area contributed by atoms with Crippen LogP contribution in [0.25, 0.3) is 10.8 Å². The van der Waals surface area contributed by atoms with E-state index in [1.54, 1.807) is 19.5 Å². The molecule has 4 rings (SSSR count). The minimum absolute atomic E-state index is 0.119. The van der Waals surface area contributed by atoms with Crippen molar-refractivity contribution in [1.29, 1.82) is 0 Å². The van der Waals surface area contributed by atoms with Gasteiger partial charge in [0.1, 0.15) is 0 Å². The molecule has 0 saturated heterocycles. The number of H-pyrrole nitrogens is 1. The molecule has 2 aromatic heterocycles. The number of nitrogens with one attached hydrogen (secondary N) is 1. The van der Waals surface area contributed by atoms with Gasteiger partial charge in [-0.25, -0.2) is 0 Å². The lowest BCUT2D eigenvalue weighted by molar-refractivity contribution is 0.313. The van der Waals surface area contributed by atoms with E-state index in [2.05, 4.69) is 9.98 Å². The molecular formula is C25H29N3O4. The topological polar surface area (TPSA) is 96.7 Å². The fourth-order valence-electron chi connectivity index (χ4n) is 4.34. The molecular weight excluding hydrogens is 406 g/mol. The molecule has 1 aliphatic carbocycles. The number of nitrogens with zero attached hydrogens (tertiary/aromatic N) is 2. The zero-order chi connectivity index (χ0) is 22.7. The van der Waals surface area contributed by atoms with Crippen LogP contribution in [0.4, 0.5) is 0 Å². The lowest BCUT2D eigenvalue weighted by atomic mass is 9.94. The van der Waals surface area contributed by atoms with Gasteiger partial charge in [0.15, 0.2) is 5.75 Å². The van der Waals surface area contributed by atoms with Crippen LogP contribution in [0.3, 0.4) is 0 Å². The number of rotatable bonds is 7. The predicted molar refractivity (Wildman–Crippen MR) is 126 cm³/mol. The Bertz CT molecular complexity index is 1270. The smallest absolute Gasteiger partial charge is 0.260 e. The van der Waals surface area contributed by atoms with Gasteiger partial charge in [-0.2, -0.15) is 0 Å². The average Bonchev–Trinajstić information content (AvgIpc) is 3.34. The monoisotopic (exact) mass is 435 g/mol. The van der Waals surface area contributed by atoms with Crippen LogP contribution in [0.5, 0.6) is 11.6 Å². The van der Waals surface area contributed by atoms with E-state index in [4.69, 9.17) is 4.74 Å². The van der Waals surface area contributed by atoms with Crippen LogP contribution in [0.15, 0.2) is 45.0 Å². The van der Waals surface area contributed by atoms with E-state index in [9.17, 15) is 14.7 Å². The number of benzene rings is 1. The molecule has 0 radical (unpaired) electrons. The Labute approximate surface area is 186 Å². The molecule has 0 aliphatic heterocycles. The predicted octanol–water partition coefficient (Wildman–Crippen LogP) is 4.00. The van der Waals surface area contributed by atoms with E-state index in [0.717, 1.165) is 19.3 Å². The number of aromatic hydroxyl groups is 1. The second-order valence-electron chi connectivity index (χ2n) is 8.39. The first-order chi connectivity index (χ1) is 15.5. The lowest BCUT2D eigenvalue weighted by Crippen LogP contribution is -2.18. The third-order valence-electron chi connectivity index (χ3n) is 6.13. The first-order valence-corrected chi connectivity index (χ1v) is 11.2. The molecule has 32 heavy (non-hydrogen) atoms. The van der Waals surface area contributed by atoms with Crippen LogP contribution < -0.4 is 15.7 Å². The highest BCUT2D eigenvalue weighted by Gasteiger charge is 2.19. The number of pyridine rings is 2. The summed E-state index contributed by atoms with van der Waals surface area (Å²) in [5.74, 6) is 0.668. The van der Waals surface area contributed by atoms with Gasteiger partial charge in [-0.1, -0.05) is 25.8 Å². The van der Waals surface area contributed by atoms with Gasteiger partial charge in [0.05, 0.1) is 18.7 Å². The lowest BCUT2D eigenvalue weighted by Gasteiger charge is -2.14. The standard InChI is InChI=1S/C25H29N3O4/c1-3-10-32-23-15-27-18(12-22(23)29)13-26-14-21-20-11-17(16-6-4-5-7-16)8-9-19(20)24(30)28(2)25(21)31/h8-9,11-12,14-16,31H,3-7,10,13H2,1-2H3,(H,27,29). The summed E-state index contributed by atoms with van der Waals surface area (Å²) in [7, 11) is 1.55. The quantitative estimate of drug-likeness (QED) is 0.548. The number of fused-ring (bicyclic) bond motifs is 1. The van der Waals surface area contributed by atoms with Crippen molar-refractivity contribution in [2.45, 2.75) is 51.5 Å². The minimum atomic E-state index is -0.236. The summed E-state index contributed by atoms with van der Waals surface area (Å²) >= 11 is 0. The van der Waals surface area contributed by atoms with Crippen LogP contribution in [-0.2, 0) is 13.6 Å². The zero-order valence-corrected chi connectivity index (χ0v) is 18.6. The Morgan fingerprint density at radius 3 is 2.72 bits per heavy atom. The number of aromatic nitrogens is 2. The fourth-order valence-corrected chi connectivity index (χ4v) is 4.34. The number of aromatic amines is 1. The molecule has 1 aliphatic rings. The summed E-state index contributed by atoms with van der Waals surface area (Å²) in [5.41, 5.74) is 1.91. The van der Waals surface area contributed by atoms with Gasteiger partial charge in [-0.15, -0.1) is 0 Å². The van der Waals surface area contributed by atoms with E-state index >= 15 is 0 Å². The summed E-state index contributed by atoms with van der Waals surface area (Å²) in [6.45, 7) is 2.70. The normalized spacial score (nSPS) is 14.6. The number of hydrogen-bond acceptors (Lipinski definition) is 5. The summed E-state index contributed by atoms with van der Waals surface area (Å²) in [6, 6.07) is 7.38. The molecule has 2 N–H and O–H groups in total. The van der Waals surface area contributed by atoms with Crippen LogP contribution in [0.1, 0.15) is 61.8 Å². The molecule has 0 spiro atoms. The van der Waals surface area contributed by atoms with Gasteiger partial charge < -0.3 is 14.8 Å². The molecule has 3 aromatic rings. The summed E-state index contributed by atoms with van der Waals surface area (Å²) in [4.78, 5) is 32.3. The number of hydrogen-bond donors (Lipinski definition) is 2. The van der Waals surface area contributed by atoms with Crippen molar-refractivity contribution in [3.63, 3.8) is 0 Å². The Kier molecular flexibility index (Phi) is 6.44. The maximum absolute atomic E-state index is 12.7. The highest BCUT2D eigenvalue weighted by molar-refractivity contribution is 6.01. The second-order valence-corrected chi connectivity index (χ2v) is 8.39. The van der Waals surface area contributed by atoms with Gasteiger partial charge >= 0.3 is 0 Å². The highest BCUT2D eigenvalue weighted by atomic mass is 16.5. The van der Waals surface area contributed by atoms with Crippen LogP contribution in [0, 0.1) is 0 Å². The van der Waals surface area contributed by atoms with Crippen LogP contribution >= 0.6 is 0 Å². The molecule has 7 heteroatoms. The number of ether oxygens (including phenoxy) is 1. The van der Waals surface area contributed by atoms with Crippen molar-refractivity contribution in [2.24, 2.45) is 12.0 Å². The van der Waals surface area contributed by atoms with Crippen LogP contribution in [-0.4, -0.2) is 27.5 Å². The van der Waals surface area contributed by atoms with Crippen LogP contribution in [0.2, 0.25) is 0 Å². The molecule has 1 aromatic carbocycles. The third kappa shape index (κ3) is 4.33. The van der Waals surface area contributed by atoms with Crippen molar-refractivity contribution < 1.29 is 9.84 Å². The van der Waals surface area contributed by atoms with Gasteiger partial charge in [0, 0.05) is 42.0 Å². The molecule has 1 fully saturated rings.